The topological polar surface area (TPSA) is 105 Å². The zero-order chi connectivity index (χ0) is 23.8. The Kier molecular flexibility index (Phi) is 8.09. The second kappa shape index (κ2) is 11.2. The van der Waals surface area contributed by atoms with E-state index in [1.165, 1.54) is 0 Å². The monoisotopic (exact) mass is 448 g/mol. The molecule has 1 aliphatic carbocycles. The lowest BCUT2D eigenvalue weighted by atomic mass is 9.98. The number of rotatable bonds is 10. The van der Waals surface area contributed by atoms with Crippen LogP contribution in [0.3, 0.4) is 0 Å². The van der Waals surface area contributed by atoms with Crippen LogP contribution in [-0.4, -0.2) is 42.3 Å². The summed E-state index contributed by atoms with van der Waals surface area (Å²) in [7, 11) is 0. The maximum atomic E-state index is 12.5. The van der Waals surface area contributed by atoms with Gasteiger partial charge in [-0.25, -0.2) is 9.59 Å². The summed E-state index contributed by atoms with van der Waals surface area (Å²) in [5.74, 6) is -0.0506. The van der Waals surface area contributed by atoms with Crippen LogP contribution in [0.25, 0.3) is 11.1 Å². The molecule has 3 rings (SSSR count). The number of hydrogen-bond acceptors (Lipinski definition) is 4. The molecule has 0 fully saturated rings. The number of carbonyl (C=O) groups is 3. The van der Waals surface area contributed by atoms with E-state index in [4.69, 9.17) is 11.2 Å². The molecule has 0 bridgehead atoms. The number of carbonyl (C=O) groups excluding carboxylic acids is 2. The van der Waals surface area contributed by atoms with Crippen molar-refractivity contribution < 1.29 is 24.2 Å². The van der Waals surface area contributed by atoms with Crippen LogP contribution in [0.1, 0.15) is 43.2 Å². The van der Waals surface area contributed by atoms with Gasteiger partial charge in [0.1, 0.15) is 12.6 Å². The van der Waals surface area contributed by atoms with Gasteiger partial charge in [0.05, 0.1) is 5.92 Å². The van der Waals surface area contributed by atoms with E-state index in [9.17, 15) is 19.5 Å². The molecule has 0 aromatic heterocycles. The molecule has 3 N–H and O–H groups in total. The molecule has 0 aliphatic heterocycles. The molecule has 2 aromatic carbocycles. The van der Waals surface area contributed by atoms with E-state index >= 15 is 0 Å². The summed E-state index contributed by atoms with van der Waals surface area (Å²) in [5, 5.41) is 14.3. The molecule has 2 atom stereocenters. The lowest BCUT2D eigenvalue weighted by Gasteiger charge is -2.20. The highest BCUT2D eigenvalue weighted by Crippen LogP contribution is 2.44. The van der Waals surface area contributed by atoms with Gasteiger partial charge in [-0.15, -0.1) is 12.3 Å². The number of ether oxygens (including phenoxy) is 1. The first-order valence-electron chi connectivity index (χ1n) is 11.0. The molecule has 7 heteroatoms. The predicted molar refractivity (Wildman–Crippen MR) is 124 cm³/mol. The summed E-state index contributed by atoms with van der Waals surface area (Å²) in [6, 6.07) is 15.0. The maximum absolute atomic E-state index is 12.5. The molecule has 7 nitrogen and oxygen atoms in total. The minimum absolute atomic E-state index is 0.0404. The summed E-state index contributed by atoms with van der Waals surface area (Å²) in [6.07, 6.45) is 5.63. The van der Waals surface area contributed by atoms with Crippen LogP contribution in [0.2, 0.25) is 0 Å². The Morgan fingerprint density at radius 1 is 1.09 bits per heavy atom. The zero-order valence-electron chi connectivity index (χ0n) is 18.5. The van der Waals surface area contributed by atoms with Gasteiger partial charge in [-0.3, -0.25) is 4.79 Å². The van der Waals surface area contributed by atoms with Crippen molar-refractivity contribution in [1.82, 2.24) is 10.6 Å². The minimum atomic E-state index is -1.19. The number of amides is 2. The number of nitrogens with one attached hydrogen (secondary N) is 2. The number of benzene rings is 2. The molecule has 0 saturated carbocycles. The van der Waals surface area contributed by atoms with E-state index in [1.54, 1.807) is 0 Å². The Hall–Kier alpha value is -3.79. The highest BCUT2D eigenvalue weighted by atomic mass is 16.5. The van der Waals surface area contributed by atoms with Crippen LogP contribution in [0.4, 0.5) is 4.79 Å². The van der Waals surface area contributed by atoms with Crippen molar-refractivity contribution in [2.24, 2.45) is 5.92 Å². The van der Waals surface area contributed by atoms with Gasteiger partial charge in [-0.2, -0.15) is 0 Å². The van der Waals surface area contributed by atoms with Crippen LogP contribution >= 0.6 is 0 Å². The van der Waals surface area contributed by atoms with Crippen LogP contribution in [0.5, 0.6) is 0 Å². The fourth-order valence-electron chi connectivity index (χ4n) is 4.14. The van der Waals surface area contributed by atoms with Crippen molar-refractivity contribution in [3.63, 3.8) is 0 Å². The number of hydrogen-bond donors (Lipinski definition) is 3. The summed E-state index contributed by atoms with van der Waals surface area (Å²) < 4.78 is 5.50. The molecular weight excluding hydrogens is 420 g/mol. The van der Waals surface area contributed by atoms with Crippen molar-refractivity contribution >= 4 is 18.0 Å². The van der Waals surface area contributed by atoms with Gasteiger partial charge in [-0.05, 0) is 28.7 Å². The van der Waals surface area contributed by atoms with Crippen molar-refractivity contribution in [3.8, 4) is 23.5 Å². The van der Waals surface area contributed by atoms with E-state index in [0.717, 1.165) is 22.3 Å². The van der Waals surface area contributed by atoms with E-state index in [2.05, 4.69) is 28.7 Å². The molecule has 2 unspecified atom stereocenters. The van der Waals surface area contributed by atoms with E-state index in [1.807, 2.05) is 43.3 Å². The average Bonchev–Trinajstić information content (AvgIpc) is 3.13. The molecule has 2 aromatic rings. The molecule has 0 heterocycles. The first kappa shape index (κ1) is 23.9. The molecule has 0 radical (unpaired) electrons. The van der Waals surface area contributed by atoms with Crippen molar-refractivity contribution in [3.05, 3.63) is 59.7 Å². The van der Waals surface area contributed by atoms with E-state index in [-0.39, 0.29) is 25.5 Å². The van der Waals surface area contributed by atoms with Gasteiger partial charge >= 0.3 is 12.1 Å². The van der Waals surface area contributed by atoms with E-state index < -0.39 is 29.9 Å². The van der Waals surface area contributed by atoms with Gasteiger partial charge < -0.3 is 20.5 Å². The summed E-state index contributed by atoms with van der Waals surface area (Å²) in [6.45, 7) is 2.12. The number of carboxylic acids is 1. The van der Waals surface area contributed by atoms with Crippen molar-refractivity contribution in [1.29, 1.82) is 0 Å². The largest absolute Gasteiger partial charge is 0.480 e. The first-order chi connectivity index (χ1) is 16.0. The fourth-order valence-corrected chi connectivity index (χ4v) is 4.14. The highest BCUT2D eigenvalue weighted by Gasteiger charge is 2.29. The quantitative estimate of drug-likeness (QED) is 0.482. The van der Waals surface area contributed by atoms with Gasteiger partial charge in [0, 0.05) is 18.9 Å². The lowest BCUT2D eigenvalue weighted by molar-refractivity contribution is -0.142. The Balaban J connectivity index is 1.57. The molecule has 1 aliphatic rings. The molecule has 0 saturated heterocycles. The van der Waals surface area contributed by atoms with Gasteiger partial charge in [0.2, 0.25) is 5.91 Å². The predicted octanol–water partition coefficient (Wildman–Crippen LogP) is 3.53. The standard InChI is InChI=1S/C26H28N2O5/c1-3-9-17(24(29)28-23(10-4-2)25(30)31)15-27-26(32)33-16-22-20-13-7-5-11-18(20)19-12-6-8-14-21(19)22/h2,5-8,11-14,17,22-23H,3,9-10,15-16H2,1H3,(H,27,32)(H,28,29)(H,30,31). The smallest absolute Gasteiger partial charge is 0.407 e. The van der Waals surface area contributed by atoms with Gasteiger partial charge in [-0.1, -0.05) is 61.9 Å². The summed E-state index contributed by atoms with van der Waals surface area (Å²) in [4.78, 5) is 36.2. The van der Waals surface area contributed by atoms with Crippen LogP contribution in [-0.2, 0) is 14.3 Å². The minimum Gasteiger partial charge on any atom is -0.480 e. The molecule has 0 spiro atoms. The SMILES string of the molecule is C#CCC(NC(=O)C(CCC)CNC(=O)OCC1c2ccccc2-c2ccccc21)C(=O)O. The third kappa shape index (κ3) is 5.72. The average molecular weight is 449 g/mol. The third-order valence-corrected chi connectivity index (χ3v) is 5.78. The van der Waals surface area contributed by atoms with Crippen LogP contribution in [0.15, 0.2) is 48.5 Å². The molecule has 172 valence electrons. The second-order valence-electron chi connectivity index (χ2n) is 8.00. The molecule has 2 amide bonds. The Morgan fingerprint density at radius 2 is 1.70 bits per heavy atom. The van der Waals surface area contributed by atoms with Crippen molar-refractivity contribution in [2.75, 3.05) is 13.2 Å². The third-order valence-electron chi connectivity index (χ3n) is 5.78. The van der Waals surface area contributed by atoms with Crippen LogP contribution < -0.4 is 10.6 Å². The maximum Gasteiger partial charge on any atom is 0.407 e. The van der Waals surface area contributed by atoms with Crippen molar-refractivity contribution in [2.45, 2.75) is 38.1 Å². The Morgan fingerprint density at radius 3 is 2.24 bits per heavy atom. The highest BCUT2D eigenvalue weighted by molar-refractivity contribution is 5.85. The summed E-state index contributed by atoms with van der Waals surface area (Å²) in [5.41, 5.74) is 4.51. The Labute approximate surface area is 193 Å². The zero-order valence-corrected chi connectivity index (χ0v) is 18.5. The first-order valence-corrected chi connectivity index (χ1v) is 11.0. The normalized spacial score (nSPS) is 13.7. The van der Waals surface area contributed by atoms with Crippen LogP contribution in [0, 0.1) is 18.3 Å². The molecular formula is C26H28N2O5. The number of alkyl carbamates (subject to hydrolysis) is 1. The summed E-state index contributed by atoms with van der Waals surface area (Å²) >= 11 is 0. The number of terminal acetylenes is 1. The number of carboxylic acid groups (broad SMARTS) is 1. The number of aliphatic carboxylic acids is 1. The Bertz CT molecular complexity index is 1010. The number of fused-ring (bicyclic) bond motifs is 3. The molecule has 33 heavy (non-hydrogen) atoms. The second-order valence-corrected chi connectivity index (χ2v) is 8.00. The van der Waals surface area contributed by atoms with Gasteiger partial charge in [0.15, 0.2) is 0 Å². The van der Waals surface area contributed by atoms with E-state index in [0.29, 0.717) is 12.8 Å². The van der Waals surface area contributed by atoms with Gasteiger partial charge in [0.25, 0.3) is 0 Å². The lowest BCUT2D eigenvalue weighted by Crippen LogP contribution is -2.46. The fraction of sp³-hybridized carbons (Fsp3) is 0.346.